The van der Waals surface area contributed by atoms with E-state index >= 15 is 0 Å². The zero-order valence-corrected chi connectivity index (χ0v) is 15.7. The minimum absolute atomic E-state index is 0.218. The van der Waals surface area contributed by atoms with Crippen molar-refractivity contribution in [2.75, 3.05) is 12.4 Å². The highest BCUT2D eigenvalue weighted by Gasteiger charge is 2.10. The van der Waals surface area contributed by atoms with Gasteiger partial charge in [-0.2, -0.15) is 0 Å². The molecule has 7 nitrogen and oxygen atoms in total. The smallest absolute Gasteiger partial charge is 0.337 e. The van der Waals surface area contributed by atoms with Crippen LogP contribution >= 0.6 is 11.6 Å². The monoisotopic (exact) mass is 396 g/mol. The molecule has 0 fully saturated rings. The number of esters is 1. The van der Waals surface area contributed by atoms with Crippen molar-refractivity contribution in [2.45, 2.75) is 6.54 Å². The first kappa shape index (κ1) is 19.3. The first-order valence-corrected chi connectivity index (χ1v) is 8.73. The summed E-state index contributed by atoms with van der Waals surface area (Å²) in [6, 6.07) is 15.5. The standard InChI is InChI=1S/C20H17ClN4O3/c1-28-20(27)13-6-8-15(9-7-13)25-18-10-17(23-12-24-18)19(26)22-11-14-4-2-3-5-16(14)21/h2-10,12H,11H2,1H3,(H,22,26)(H,23,24,25). The van der Waals surface area contributed by atoms with E-state index in [4.69, 9.17) is 11.6 Å². The van der Waals surface area contributed by atoms with E-state index in [9.17, 15) is 9.59 Å². The summed E-state index contributed by atoms with van der Waals surface area (Å²) in [7, 11) is 1.33. The van der Waals surface area contributed by atoms with Gasteiger partial charge < -0.3 is 15.4 Å². The van der Waals surface area contributed by atoms with Crippen molar-refractivity contribution in [3.63, 3.8) is 0 Å². The second kappa shape index (κ2) is 8.96. The number of nitrogens with one attached hydrogen (secondary N) is 2. The summed E-state index contributed by atoms with van der Waals surface area (Å²) in [5.41, 5.74) is 2.18. The lowest BCUT2D eigenvalue weighted by Crippen LogP contribution is -2.24. The van der Waals surface area contributed by atoms with Gasteiger partial charge in [-0.3, -0.25) is 4.79 Å². The Morgan fingerprint density at radius 2 is 1.82 bits per heavy atom. The van der Waals surface area contributed by atoms with Gasteiger partial charge in [0.05, 0.1) is 12.7 Å². The van der Waals surface area contributed by atoms with Crippen LogP contribution in [0.15, 0.2) is 60.9 Å². The van der Waals surface area contributed by atoms with Gasteiger partial charge in [0.25, 0.3) is 5.91 Å². The maximum atomic E-state index is 12.4. The summed E-state index contributed by atoms with van der Waals surface area (Å²) in [6.07, 6.45) is 1.30. The van der Waals surface area contributed by atoms with Crippen molar-refractivity contribution in [1.29, 1.82) is 0 Å². The Kier molecular flexibility index (Phi) is 6.18. The van der Waals surface area contributed by atoms with Gasteiger partial charge in [-0.15, -0.1) is 0 Å². The second-order valence-electron chi connectivity index (χ2n) is 5.76. The Labute approximate surface area is 166 Å². The van der Waals surface area contributed by atoms with Crippen molar-refractivity contribution >= 4 is 35.0 Å². The third kappa shape index (κ3) is 4.83. The van der Waals surface area contributed by atoms with Crippen molar-refractivity contribution in [1.82, 2.24) is 15.3 Å². The summed E-state index contributed by atoms with van der Waals surface area (Å²) < 4.78 is 4.67. The zero-order valence-electron chi connectivity index (χ0n) is 15.0. The third-order valence-corrected chi connectivity index (χ3v) is 4.24. The normalized spacial score (nSPS) is 10.2. The number of anilines is 2. The number of ether oxygens (including phenoxy) is 1. The molecule has 28 heavy (non-hydrogen) atoms. The molecular weight excluding hydrogens is 380 g/mol. The number of methoxy groups -OCH3 is 1. The third-order valence-electron chi connectivity index (χ3n) is 3.88. The summed E-state index contributed by atoms with van der Waals surface area (Å²) >= 11 is 6.09. The maximum absolute atomic E-state index is 12.4. The van der Waals surface area contributed by atoms with Crippen molar-refractivity contribution in [2.24, 2.45) is 0 Å². The number of amides is 1. The summed E-state index contributed by atoms with van der Waals surface area (Å²) in [5, 5.41) is 6.43. The average Bonchev–Trinajstić information content (AvgIpc) is 2.73. The Morgan fingerprint density at radius 3 is 2.54 bits per heavy atom. The Morgan fingerprint density at radius 1 is 1.07 bits per heavy atom. The molecule has 142 valence electrons. The van der Waals surface area contributed by atoms with Crippen LogP contribution in [0, 0.1) is 0 Å². The van der Waals surface area contributed by atoms with Crippen LogP contribution in [0.3, 0.4) is 0 Å². The first-order valence-electron chi connectivity index (χ1n) is 8.36. The lowest BCUT2D eigenvalue weighted by Gasteiger charge is -2.09. The highest BCUT2D eigenvalue weighted by molar-refractivity contribution is 6.31. The number of carbonyl (C=O) groups is 2. The van der Waals surface area contributed by atoms with Crippen molar-refractivity contribution < 1.29 is 14.3 Å². The van der Waals surface area contributed by atoms with Gasteiger partial charge in [0.15, 0.2) is 0 Å². The first-order chi connectivity index (χ1) is 13.6. The number of nitrogens with zero attached hydrogens (tertiary/aromatic N) is 2. The largest absolute Gasteiger partial charge is 0.465 e. The number of rotatable bonds is 6. The quantitative estimate of drug-likeness (QED) is 0.618. The van der Waals surface area contributed by atoms with Crippen LogP contribution < -0.4 is 10.6 Å². The fourth-order valence-electron chi connectivity index (χ4n) is 2.41. The van der Waals surface area contributed by atoms with Crippen LogP contribution in [0.1, 0.15) is 26.4 Å². The Balaban J connectivity index is 1.65. The lowest BCUT2D eigenvalue weighted by molar-refractivity contribution is 0.0600. The molecular formula is C20H17ClN4O3. The van der Waals surface area contributed by atoms with Crippen LogP contribution in [0.2, 0.25) is 5.02 Å². The predicted octanol–water partition coefficient (Wildman–Crippen LogP) is 3.59. The molecule has 3 rings (SSSR count). The summed E-state index contributed by atoms with van der Waals surface area (Å²) in [6.45, 7) is 0.292. The van der Waals surface area contributed by atoms with Crippen LogP contribution in [-0.2, 0) is 11.3 Å². The van der Waals surface area contributed by atoms with E-state index in [0.29, 0.717) is 28.6 Å². The van der Waals surface area contributed by atoms with E-state index in [-0.39, 0.29) is 11.6 Å². The molecule has 1 heterocycles. The van der Waals surface area contributed by atoms with Crippen LogP contribution in [0.5, 0.6) is 0 Å². The molecule has 1 amide bonds. The number of carbonyl (C=O) groups excluding carboxylic acids is 2. The van der Waals surface area contributed by atoms with Gasteiger partial charge in [-0.05, 0) is 35.9 Å². The average molecular weight is 397 g/mol. The van der Waals surface area contributed by atoms with Gasteiger partial charge in [-0.25, -0.2) is 14.8 Å². The molecule has 0 aliphatic carbocycles. The fraction of sp³-hybridized carbons (Fsp3) is 0.100. The molecule has 0 aliphatic heterocycles. The topological polar surface area (TPSA) is 93.2 Å². The molecule has 0 atom stereocenters. The minimum atomic E-state index is -0.411. The lowest BCUT2D eigenvalue weighted by atomic mass is 10.2. The van der Waals surface area contributed by atoms with Gasteiger partial charge in [-0.1, -0.05) is 29.8 Å². The molecule has 0 saturated heterocycles. The SMILES string of the molecule is COC(=O)c1ccc(Nc2cc(C(=O)NCc3ccccc3Cl)ncn2)cc1. The number of hydrogen-bond acceptors (Lipinski definition) is 6. The Hall–Kier alpha value is -3.45. The van der Waals surface area contributed by atoms with E-state index in [1.54, 1.807) is 30.3 Å². The molecule has 0 bridgehead atoms. The Bertz CT molecular complexity index is 993. The van der Waals surface area contributed by atoms with Crippen LogP contribution in [-0.4, -0.2) is 29.0 Å². The molecule has 0 saturated carbocycles. The number of hydrogen-bond donors (Lipinski definition) is 2. The molecule has 2 N–H and O–H groups in total. The van der Waals surface area contributed by atoms with E-state index in [2.05, 4.69) is 25.3 Å². The maximum Gasteiger partial charge on any atom is 0.337 e. The zero-order chi connectivity index (χ0) is 19.9. The molecule has 1 aromatic heterocycles. The molecule has 0 spiro atoms. The highest BCUT2D eigenvalue weighted by atomic mass is 35.5. The molecule has 2 aromatic carbocycles. The van der Waals surface area contributed by atoms with Gasteiger partial charge in [0.1, 0.15) is 17.8 Å². The highest BCUT2D eigenvalue weighted by Crippen LogP contribution is 2.17. The molecule has 0 radical (unpaired) electrons. The molecule has 3 aromatic rings. The second-order valence-corrected chi connectivity index (χ2v) is 6.16. The number of aromatic nitrogens is 2. The van der Waals surface area contributed by atoms with Gasteiger partial charge >= 0.3 is 5.97 Å². The van der Waals surface area contributed by atoms with E-state index in [0.717, 1.165) is 5.56 Å². The summed E-state index contributed by atoms with van der Waals surface area (Å²) in [5.74, 6) is -0.304. The molecule has 0 unspecified atom stereocenters. The fourth-order valence-corrected chi connectivity index (χ4v) is 2.62. The van der Waals surface area contributed by atoms with Gasteiger partial charge in [0.2, 0.25) is 0 Å². The summed E-state index contributed by atoms with van der Waals surface area (Å²) in [4.78, 5) is 31.9. The number of benzene rings is 2. The van der Waals surface area contributed by atoms with E-state index < -0.39 is 5.97 Å². The minimum Gasteiger partial charge on any atom is -0.465 e. The van der Waals surface area contributed by atoms with Crippen LogP contribution in [0.25, 0.3) is 0 Å². The van der Waals surface area contributed by atoms with Gasteiger partial charge in [0, 0.05) is 23.3 Å². The van der Waals surface area contributed by atoms with E-state index in [1.807, 2.05) is 18.2 Å². The van der Waals surface area contributed by atoms with Crippen molar-refractivity contribution in [3.8, 4) is 0 Å². The molecule has 0 aliphatic rings. The van der Waals surface area contributed by atoms with Crippen molar-refractivity contribution in [3.05, 3.63) is 82.8 Å². The molecule has 8 heteroatoms. The predicted molar refractivity (Wildman–Crippen MR) is 106 cm³/mol. The number of halogens is 1. The van der Waals surface area contributed by atoms with E-state index in [1.165, 1.54) is 19.5 Å². The van der Waals surface area contributed by atoms with Crippen LogP contribution in [0.4, 0.5) is 11.5 Å².